The third-order valence-electron chi connectivity index (χ3n) is 5.02. The third kappa shape index (κ3) is 3.50. The van der Waals surface area contributed by atoms with E-state index < -0.39 is 23.1 Å². The lowest BCUT2D eigenvalue weighted by molar-refractivity contribution is -0.140. The monoisotopic (exact) mass is 374 g/mol. The minimum atomic E-state index is -0.847. The second-order valence-corrected chi connectivity index (χ2v) is 8.07. The Labute approximate surface area is 159 Å². The van der Waals surface area contributed by atoms with Crippen LogP contribution in [0.4, 0.5) is 10.5 Å². The number of carbonyl (C=O) groups is 3. The maximum Gasteiger partial charge on any atom is 0.410 e. The fraction of sp³-hybridized carbons (Fsp3) is 0.550. The van der Waals surface area contributed by atoms with E-state index in [1.54, 1.807) is 4.90 Å². The normalized spacial score (nSPS) is 22.0. The van der Waals surface area contributed by atoms with Gasteiger partial charge in [0.05, 0.1) is 12.5 Å². The van der Waals surface area contributed by atoms with E-state index in [0.29, 0.717) is 25.1 Å². The molecule has 1 atom stereocenters. The number of piperidine rings is 1. The molecule has 1 saturated heterocycles. The molecule has 1 fully saturated rings. The van der Waals surface area contributed by atoms with Crippen molar-refractivity contribution in [1.82, 2.24) is 4.90 Å². The van der Waals surface area contributed by atoms with E-state index in [1.165, 1.54) is 12.0 Å². The Morgan fingerprint density at radius 2 is 1.93 bits per heavy atom. The summed E-state index contributed by atoms with van der Waals surface area (Å²) >= 11 is 0. The van der Waals surface area contributed by atoms with Gasteiger partial charge in [0, 0.05) is 18.8 Å². The number of hydrogen-bond donors (Lipinski definition) is 0. The topological polar surface area (TPSA) is 76.2 Å². The van der Waals surface area contributed by atoms with Crippen LogP contribution in [-0.4, -0.2) is 55.2 Å². The Kier molecular flexibility index (Phi) is 4.88. The first-order chi connectivity index (χ1) is 12.7. The van der Waals surface area contributed by atoms with Crippen molar-refractivity contribution in [2.45, 2.75) is 44.6 Å². The number of methoxy groups -OCH3 is 1. The Morgan fingerprint density at radius 3 is 2.59 bits per heavy atom. The van der Waals surface area contributed by atoms with E-state index in [2.05, 4.69) is 0 Å². The molecule has 0 aromatic heterocycles. The summed E-state index contributed by atoms with van der Waals surface area (Å²) in [5.41, 5.74) is 0.113. The number of esters is 1. The molecule has 27 heavy (non-hydrogen) atoms. The van der Waals surface area contributed by atoms with Gasteiger partial charge in [0.2, 0.25) is 5.91 Å². The lowest BCUT2D eigenvalue weighted by Gasteiger charge is -2.39. The van der Waals surface area contributed by atoms with E-state index in [0.717, 1.165) is 5.56 Å². The first-order valence-corrected chi connectivity index (χ1v) is 9.14. The van der Waals surface area contributed by atoms with Crippen LogP contribution in [0.3, 0.4) is 0 Å². The molecule has 2 heterocycles. The minimum absolute atomic E-state index is 0.138. The lowest BCUT2D eigenvalue weighted by Crippen LogP contribution is -2.54. The number of nitrogens with zero attached hydrogens (tertiary/aromatic N) is 2. The van der Waals surface area contributed by atoms with E-state index >= 15 is 0 Å². The van der Waals surface area contributed by atoms with Crippen LogP contribution in [0.5, 0.6) is 0 Å². The van der Waals surface area contributed by atoms with Crippen molar-refractivity contribution in [2.75, 3.05) is 31.6 Å². The summed E-state index contributed by atoms with van der Waals surface area (Å²) < 4.78 is 10.2. The van der Waals surface area contributed by atoms with E-state index in [9.17, 15) is 14.4 Å². The van der Waals surface area contributed by atoms with Crippen LogP contribution in [0, 0.1) is 0 Å². The third-order valence-corrected chi connectivity index (χ3v) is 5.02. The number of rotatable bonds is 2. The van der Waals surface area contributed by atoms with Gasteiger partial charge in [-0.25, -0.2) is 4.79 Å². The summed E-state index contributed by atoms with van der Waals surface area (Å²) in [6.45, 7) is 6.11. The van der Waals surface area contributed by atoms with E-state index in [-0.39, 0.29) is 19.0 Å². The van der Waals surface area contributed by atoms with Gasteiger partial charge in [-0.05, 0) is 45.2 Å². The molecule has 0 radical (unpaired) electrons. The summed E-state index contributed by atoms with van der Waals surface area (Å²) in [5.74, 6) is -0.641. The summed E-state index contributed by atoms with van der Waals surface area (Å²) in [5, 5.41) is 0. The zero-order valence-electron chi connectivity index (χ0n) is 16.3. The molecule has 1 aromatic carbocycles. The van der Waals surface area contributed by atoms with Crippen molar-refractivity contribution in [1.29, 1.82) is 0 Å². The van der Waals surface area contributed by atoms with Crippen LogP contribution in [0.2, 0.25) is 0 Å². The van der Waals surface area contributed by atoms with Crippen molar-refractivity contribution in [2.24, 2.45) is 0 Å². The van der Waals surface area contributed by atoms with E-state index in [4.69, 9.17) is 9.47 Å². The molecular formula is C20H26N2O5. The van der Waals surface area contributed by atoms with Crippen molar-refractivity contribution in [3.05, 3.63) is 29.8 Å². The van der Waals surface area contributed by atoms with Gasteiger partial charge in [-0.15, -0.1) is 0 Å². The predicted octanol–water partition coefficient (Wildman–Crippen LogP) is 2.47. The van der Waals surface area contributed by atoms with E-state index in [1.807, 2.05) is 45.0 Å². The van der Waals surface area contributed by atoms with Gasteiger partial charge in [-0.3, -0.25) is 9.59 Å². The van der Waals surface area contributed by atoms with Crippen LogP contribution in [0.1, 0.15) is 39.2 Å². The molecule has 2 aliphatic heterocycles. The van der Waals surface area contributed by atoms with Crippen LogP contribution < -0.4 is 4.90 Å². The Bertz CT molecular complexity index is 770. The predicted molar refractivity (Wildman–Crippen MR) is 99.5 cm³/mol. The van der Waals surface area contributed by atoms with Gasteiger partial charge in [-0.1, -0.05) is 18.2 Å². The maximum atomic E-state index is 13.4. The number of para-hydroxylation sites is 1. The second-order valence-electron chi connectivity index (χ2n) is 8.07. The SMILES string of the molecule is COC(=O)CN1C(=O)C2(CCCN(C(=O)OC(C)(C)C)C2)c2ccccc21. The quantitative estimate of drug-likeness (QED) is 0.744. The first kappa shape index (κ1) is 19.2. The molecule has 0 saturated carbocycles. The van der Waals surface area contributed by atoms with Crippen LogP contribution in [0.25, 0.3) is 0 Å². The largest absolute Gasteiger partial charge is 0.468 e. The zero-order valence-corrected chi connectivity index (χ0v) is 16.3. The molecule has 0 bridgehead atoms. The summed E-state index contributed by atoms with van der Waals surface area (Å²) in [6.07, 6.45) is 0.892. The Morgan fingerprint density at radius 1 is 1.22 bits per heavy atom. The van der Waals surface area contributed by atoms with Gasteiger partial charge < -0.3 is 19.3 Å². The van der Waals surface area contributed by atoms with Crippen molar-refractivity contribution in [3.8, 4) is 0 Å². The van der Waals surface area contributed by atoms with Gasteiger partial charge in [0.1, 0.15) is 12.1 Å². The number of ether oxygens (including phenoxy) is 2. The summed E-state index contributed by atoms with van der Waals surface area (Å²) in [6, 6.07) is 7.45. The zero-order chi connectivity index (χ0) is 19.8. The Balaban J connectivity index is 1.93. The summed E-state index contributed by atoms with van der Waals surface area (Å²) in [4.78, 5) is 40.9. The average Bonchev–Trinajstić information content (AvgIpc) is 2.83. The van der Waals surface area contributed by atoms with Crippen molar-refractivity contribution < 1.29 is 23.9 Å². The molecule has 0 aliphatic carbocycles. The van der Waals surface area contributed by atoms with Crippen molar-refractivity contribution in [3.63, 3.8) is 0 Å². The number of anilines is 1. The molecule has 2 amide bonds. The average molecular weight is 374 g/mol. The first-order valence-electron chi connectivity index (χ1n) is 9.14. The summed E-state index contributed by atoms with van der Waals surface area (Å²) in [7, 11) is 1.30. The highest BCUT2D eigenvalue weighted by Crippen LogP contribution is 2.46. The van der Waals surface area contributed by atoms with Gasteiger partial charge in [0.25, 0.3) is 0 Å². The molecule has 7 nitrogen and oxygen atoms in total. The molecule has 3 rings (SSSR count). The molecular weight excluding hydrogens is 348 g/mol. The standard InChI is InChI=1S/C20H26N2O5/c1-19(2,3)27-18(25)21-11-7-10-20(13-21)14-8-5-6-9-15(14)22(17(20)24)12-16(23)26-4/h5-6,8-9H,7,10-13H2,1-4H3. The molecule has 146 valence electrons. The highest BCUT2D eigenvalue weighted by atomic mass is 16.6. The smallest absolute Gasteiger partial charge is 0.410 e. The van der Waals surface area contributed by atoms with Crippen molar-refractivity contribution >= 4 is 23.7 Å². The highest BCUT2D eigenvalue weighted by Gasteiger charge is 2.54. The van der Waals surface area contributed by atoms with Gasteiger partial charge in [0.15, 0.2) is 0 Å². The highest BCUT2D eigenvalue weighted by molar-refractivity contribution is 6.10. The van der Waals surface area contributed by atoms with Gasteiger partial charge in [-0.2, -0.15) is 0 Å². The molecule has 2 aliphatic rings. The lowest BCUT2D eigenvalue weighted by atomic mass is 9.75. The van der Waals surface area contributed by atoms with Crippen LogP contribution in [0.15, 0.2) is 24.3 Å². The fourth-order valence-electron chi connectivity index (χ4n) is 3.88. The van der Waals surface area contributed by atoms with Crippen LogP contribution in [-0.2, 0) is 24.5 Å². The Hall–Kier alpha value is -2.57. The number of fused-ring (bicyclic) bond motifs is 2. The molecule has 1 unspecified atom stereocenters. The molecule has 0 N–H and O–H groups in total. The molecule has 1 aromatic rings. The number of likely N-dealkylation sites (tertiary alicyclic amines) is 1. The minimum Gasteiger partial charge on any atom is -0.468 e. The number of hydrogen-bond acceptors (Lipinski definition) is 5. The number of benzene rings is 1. The maximum absolute atomic E-state index is 13.4. The number of amides is 2. The molecule has 1 spiro atoms. The number of carbonyl (C=O) groups excluding carboxylic acids is 3. The van der Waals surface area contributed by atoms with Gasteiger partial charge >= 0.3 is 12.1 Å². The second kappa shape index (κ2) is 6.87. The fourth-order valence-corrected chi connectivity index (χ4v) is 3.88. The molecule has 7 heteroatoms. The van der Waals surface area contributed by atoms with Crippen LogP contribution >= 0.6 is 0 Å².